The number of carbonyl (C=O) groups excluding carboxylic acids is 2. The monoisotopic (exact) mass is 292 g/mol. The van der Waals surface area contributed by atoms with Gasteiger partial charge >= 0.3 is 103 Å². The van der Waals surface area contributed by atoms with Gasteiger partial charge in [-0.3, -0.25) is 0 Å². The van der Waals surface area contributed by atoms with E-state index in [1.807, 2.05) is 0 Å². The van der Waals surface area contributed by atoms with Crippen LogP contribution < -0.4 is 113 Å². The van der Waals surface area contributed by atoms with E-state index in [4.69, 9.17) is 0 Å². The summed E-state index contributed by atoms with van der Waals surface area (Å²) in [5, 5.41) is 22.3. The summed E-state index contributed by atoms with van der Waals surface area (Å²) in [6, 6.07) is 8.76. The van der Waals surface area contributed by atoms with Crippen LogP contribution in [0.2, 0.25) is 0 Å². The molecule has 0 fully saturated rings. The van der Waals surface area contributed by atoms with Crippen LogP contribution in [0, 0.1) is 0 Å². The van der Waals surface area contributed by atoms with Crippen molar-refractivity contribution >= 4 is 22.7 Å². The Kier molecular flexibility index (Phi) is 8.67. The zero-order valence-electron chi connectivity index (χ0n) is 10.1. The van der Waals surface area contributed by atoms with Crippen LogP contribution in [0.15, 0.2) is 36.4 Å². The molecule has 2 rings (SSSR count). The van der Waals surface area contributed by atoms with Gasteiger partial charge in [-0.15, -0.1) is 0 Å². The SMILES string of the molecule is O=C([O-])c1cccc2c(C(=O)[O-])cccc12.[K+].[K+]. The fourth-order valence-electron chi connectivity index (χ4n) is 1.67. The van der Waals surface area contributed by atoms with Crippen LogP contribution in [-0.2, 0) is 0 Å². The first-order valence-electron chi connectivity index (χ1n) is 4.55. The molecule has 0 saturated heterocycles. The van der Waals surface area contributed by atoms with Crippen molar-refractivity contribution < 1.29 is 123 Å². The molecule has 0 aliphatic heterocycles. The van der Waals surface area contributed by atoms with E-state index in [-0.39, 0.29) is 114 Å². The predicted molar refractivity (Wildman–Crippen MR) is 52.6 cm³/mol. The van der Waals surface area contributed by atoms with Crippen LogP contribution in [0.1, 0.15) is 20.7 Å². The third-order valence-corrected chi connectivity index (χ3v) is 2.36. The summed E-state index contributed by atoms with van der Waals surface area (Å²) in [6.07, 6.45) is 0. The summed E-state index contributed by atoms with van der Waals surface area (Å²) in [5.41, 5.74) is -0.0544. The van der Waals surface area contributed by atoms with Gasteiger partial charge in [-0.05, 0) is 10.8 Å². The number of rotatable bonds is 2. The van der Waals surface area contributed by atoms with Gasteiger partial charge in [0.15, 0.2) is 0 Å². The van der Waals surface area contributed by atoms with Crippen molar-refractivity contribution in [3.05, 3.63) is 47.5 Å². The average Bonchev–Trinajstić information content (AvgIpc) is 2.27. The second-order valence-corrected chi connectivity index (χ2v) is 3.28. The second-order valence-electron chi connectivity index (χ2n) is 3.28. The Morgan fingerprint density at radius 2 is 1.06 bits per heavy atom. The average molecular weight is 292 g/mol. The fourth-order valence-corrected chi connectivity index (χ4v) is 1.67. The molecule has 0 radical (unpaired) electrons. The van der Waals surface area contributed by atoms with Gasteiger partial charge in [0, 0.05) is 11.1 Å². The summed E-state index contributed by atoms with van der Waals surface area (Å²) in [4.78, 5) is 21.6. The molecule has 0 aromatic heterocycles. The zero-order chi connectivity index (χ0) is 11.7. The van der Waals surface area contributed by atoms with Crippen molar-refractivity contribution in [1.29, 1.82) is 0 Å². The molecule has 0 heterocycles. The number of carboxylic acids is 2. The van der Waals surface area contributed by atoms with Crippen molar-refractivity contribution in [3.63, 3.8) is 0 Å². The third-order valence-electron chi connectivity index (χ3n) is 2.36. The minimum absolute atomic E-state index is 0. The Balaban J connectivity index is 0.00000144. The van der Waals surface area contributed by atoms with Gasteiger partial charge in [0.2, 0.25) is 0 Å². The number of carboxylic acid groups (broad SMARTS) is 2. The zero-order valence-corrected chi connectivity index (χ0v) is 16.3. The van der Waals surface area contributed by atoms with Gasteiger partial charge in [0.1, 0.15) is 0 Å². The number of carbonyl (C=O) groups is 2. The number of hydrogen-bond acceptors (Lipinski definition) is 4. The molecule has 2 aromatic rings. The van der Waals surface area contributed by atoms with Gasteiger partial charge < -0.3 is 19.8 Å². The smallest absolute Gasteiger partial charge is 0.545 e. The van der Waals surface area contributed by atoms with Gasteiger partial charge in [-0.25, -0.2) is 0 Å². The molecule has 2 aromatic carbocycles. The Morgan fingerprint density at radius 3 is 1.33 bits per heavy atom. The van der Waals surface area contributed by atoms with Crippen molar-refractivity contribution in [2.45, 2.75) is 0 Å². The second kappa shape index (κ2) is 8.26. The largest absolute Gasteiger partial charge is 1.00 e. The molecule has 0 N–H and O–H groups in total. The Morgan fingerprint density at radius 1 is 0.722 bits per heavy atom. The number of fused-ring (bicyclic) bond motifs is 1. The van der Waals surface area contributed by atoms with E-state index in [9.17, 15) is 19.8 Å². The van der Waals surface area contributed by atoms with E-state index in [1.54, 1.807) is 0 Å². The molecular formula is C12H6K2O4. The fraction of sp³-hybridized carbons (Fsp3) is 0. The molecule has 80 valence electrons. The van der Waals surface area contributed by atoms with E-state index >= 15 is 0 Å². The Hall–Kier alpha value is 0.913. The van der Waals surface area contributed by atoms with Crippen LogP contribution >= 0.6 is 0 Å². The van der Waals surface area contributed by atoms with Crippen molar-refractivity contribution in [3.8, 4) is 0 Å². The maximum absolute atomic E-state index is 10.8. The van der Waals surface area contributed by atoms with Crippen LogP contribution in [0.3, 0.4) is 0 Å². The molecule has 0 bridgehead atoms. The quantitative estimate of drug-likeness (QED) is 0.516. The molecule has 0 spiro atoms. The maximum Gasteiger partial charge on any atom is 1.00 e. The molecule has 18 heavy (non-hydrogen) atoms. The van der Waals surface area contributed by atoms with Gasteiger partial charge in [-0.2, -0.15) is 0 Å². The van der Waals surface area contributed by atoms with E-state index in [0.717, 1.165) is 0 Å². The first-order valence-corrected chi connectivity index (χ1v) is 4.55. The van der Waals surface area contributed by atoms with Gasteiger partial charge in [0.05, 0.1) is 11.9 Å². The minimum atomic E-state index is -1.33. The van der Waals surface area contributed by atoms with E-state index in [0.29, 0.717) is 10.8 Å². The molecule has 0 atom stereocenters. The maximum atomic E-state index is 10.8. The summed E-state index contributed by atoms with van der Waals surface area (Å²) >= 11 is 0. The third kappa shape index (κ3) is 3.95. The number of benzene rings is 2. The van der Waals surface area contributed by atoms with Crippen LogP contribution in [0.5, 0.6) is 0 Å². The Bertz CT molecular complexity index is 542. The van der Waals surface area contributed by atoms with Crippen LogP contribution in [0.4, 0.5) is 0 Å². The van der Waals surface area contributed by atoms with Gasteiger partial charge in [0.25, 0.3) is 0 Å². The molecule has 0 aliphatic carbocycles. The van der Waals surface area contributed by atoms with E-state index in [1.165, 1.54) is 36.4 Å². The summed E-state index contributed by atoms with van der Waals surface area (Å²) in [6.45, 7) is 0. The topological polar surface area (TPSA) is 80.3 Å². The number of aromatic carboxylic acids is 2. The number of hydrogen-bond donors (Lipinski definition) is 0. The summed E-state index contributed by atoms with van der Waals surface area (Å²) in [5.74, 6) is -2.66. The Labute approximate surface area is 189 Å². The predicted octanol–water partition coefficient (Wildman–Crippen LogP) is -6.43. The van der Waals surface area contributed by atoms with Gasteiger partial charge in [-0.1, -0.05) is 36.4 Å². The molecule has 6 heteroatoms. The first-order chi connectivity index (χ1) is 7.61. The normalized spacial score (nSPS) is 9.11. The summed E-state index contributed by atoms with van der Waals surface area (Å²) < 4.78 is 0. The standard InChI is InChI=1S/C12H8O4.2K/c13-11(14)9-5-1-3-7-8(9)4-2-6-10(7)12(15)16;;/h1-6H,(H,13,14)(H,15,16);;/q;2*+1/p-2. The van der Waals surface area contributed by atoms with E-state index < -0.39 is 11.9 Å². The van der Waals surface area contributed by atoms with Crippen LogP contribution in [0.25, 0.3) is 10.8 Å². The van der Waals surface area contributed by atoms with Crippen molar-refractivity contribution in [2.75, 3.05) is 0 Å². The molecule has 4 nitrogen and oxygen atoms in total. The van der Waals surface area contributed by atoms with Crippen molar-refractivity contribution in [1.82, 2.24) is 0 Å². The molecule has 0 saturated carbocycles. The molecule has 0 amide bonds. The minimum Gasteiger partial charge on any atom is -0.545 e. The molecule has 0 aliphatic rings. The van der Waals surface area contributed by atoms with E-state index in [2.05, 4.69) is 0 Å². The summed E-state index contributed by atoms with van der Waals surface area (Å²) in [7, 11) is 0. The van der Waals surface area contributed by atoms with Crippen LogP contribution in [-0.4, -0.2) is 11.9 Å². The molecule has 0 unspecified atom stereocenters. The first kappa shape index (κ1) is 18.9. The van der Waals surface area contributed by atoms with Crippen molar-refractivity contribution in [2.24, 2.45) is 0 Å². The molecular weight excluding hydrogens is 286 g/mol.